The Kier molecular flexibility index (Phi) is 9.86. The van der Waals surface area contributed by atoms with Crippen molar-refractivity contribution in [2.24, 2.45) is 17.4 Å². The quantitative estimate of drug-likeness (QED) is 0.258. The van der Waals surface area contributed by atoms with Gasteiger partial charge in [0.25, 0.3) is 6.47 Å². The first kappa shape index (κ1) is 27.4. The molecule has 3 rings (SSSR count). The summed E-state index contributed by atoms with van der Waals surface area (Å²) in [5.74, 6) is -1.69. The lowest BCUT2D eigenvalue weighted by Crippen LogP contribution is -2.28. The average molecular weight is 494 g/mol. The van der Waals surface area contributed by atoms with Gasteiger partial charge in [-0.1, -0.05) is 30.7 Å². The first-order valence-electron chi connectivity index (χ1n) is 10.8. The van der Waals surface area contributed by atoms with E-state index in [0.717, 1.165) is 36.1 Å². The van der Waals surface area contributed by atoms with E-state index in [4.69, 9.17) is 21.4 Å². The number of hydrogen-bond acceptors (Lipinski definition) is 4. The largest absolute Gasteiger partial charge is 0.483 e. The van der Waals surface area contributed by atoms with Crippen LogP contribution >= 0.6 is 0 Å². The van der Waals surface area contributed by atoms with Crippen LogP contribution in [0.2, 0.25) is 0 Å². The van der Waals surface area contributed by atoms with Gasteiger partial charge in [0, 0.05) is 11.6 Å². The van der Waals surface area contributed by atoms with Crippen molar-refractivity contribution in [3.8, 4) is 0 Å². The zero-order valence-electron chi connectivity index (χ0n) is 18.8. The zero-order valence-corrected chi connectivity index (χ0v) is 18.8. The molecule has 6 N–H and O–H groups in total. The first-order valence-corrected chi connectivity index (χ1v) is 10.8. The molecular formula is C25H27F4N3O3. The van der Waals surface area contributed by atoms with E-state index >= 15 is 0 Å². The summed E-state index contributed by atoms with van der Waals surface area (Å²) in [6.07, 6.45) is 3.06. The third-order valence-corrected chi connectivity index (χ3v) is 5.70. The van der Waals surface area contributed by atoms with E-state index in [1.54, 1.807) is 12.2 Å². The highest BCUT2D eigenvalue weighted by molar-refractivity contribution is 5.92. The third kappa shape index (κ3) is 7.87. The van der Waals surface area contributed by atoms with Gasteiger partial charge >= 0.3 is 6.18 Å². The van der Waals surface area contributed by atoms with E-state index in [2.05, 4.69) is 5.32 Å². The molecule has 1 amide bonds. The fraction of sp³-hybridized carbons (Fsp3) is 0.280. The highest BCUT2D eigenvalue weighted by Crippen LogP contribution is 2.37. The molecule has 2 unspecified atom stereocenters. The van der Waals surface area contributed by atoms with Crippen LogP contribution in [0.3, 0.4) is 0 Å². The van der Waals surface area contributed by atoms with Crippen molar-refractivity contribution in [2.75, 3.05) is 5.32 Å². The fourth-order valence-electron chi connectivity index (χ4n) is 3.96. The maximum atomic E-state index is 14.1. The van der Waals surface area contributed by atoms with Crippen LogP contribution in [-0.4, -0.2) is 17.5 Å². The number of carboxylic acid groups (broad SMARTS) is 1. The van der Waals surface area contributed by atoms with Gasteiger partial charge in [0.2, 0.25) is 5.91 Å². The number of halogens is 4. The highest BCUT2D eigenvalue weighted by Gasteiger charge is 2.32. The predicted octanol–water partition coefficient (Wildman–Crippen LogP) is 5.23. The van der Waals surface area contributed by atoms with E-state index < -0.39 is 17.6 Å². The van der Waals surface area contributed by atoms with Crippen LogP contribution in [0.15, 0.2) is 60.8 Å². The molecule has 0 saturated heterocycles. The number of hydrogen-bond donors (Lipinski definition) is 4. The minimum absolute atomic E-state index is 0.153. The van der Waals surface area contributed by atoms with Crippen LogP contribution in [0.4, 0.5) is 23.2 Å². The Morgan fingerprint density at radius 3 is 2.34 bits per heavy atom. The topological polar surface area (TPSA) is 118 Å². The van der Waals surface area contributed by atoms with Crippen molar-refractivity contribution >= 4 is 23.8 Å². The number of allylic oxidation sites excluding steroid dienone is 2. The van der Waals surface area contributed by atoms with E-state index in [9.17, 15) is 22.4 Å². The number of carbonyl (C=O) groups is 2. The van der Waals surface area contributed by atoms with E-state index in [0.29, 0.717) is 24.6 Å². The molecule has 0 heterocycles. The number of amides is 1. The molecule has 2 atom stereocenters. The summed E-state index contributed by atoms with van der Waals surface area (Å²) in [6.45, 7) is -0.250. The maximum Gasteiger partial charge on any atom is 0.416 e. The molecular weight excluding hydrogens is 466 g/mol. The number of benzene rings is 2. The van der Waals surface area contributed by atoms with Gasteiger partial charge in [-0.25, -0.2) is 4.39 Å². The van der Waals surface area contributed by atoms with Crippen LogP contribution < -0.4 is 16.8 Å². The highest BCUT2D eigenvalue weighted by atomic mass is 19.4. The van der Waals surface area contributed by atoms with Gasteiger partial charge in [-0.2, -0.15) is 13.2 Å². The van der Waals surface area contributed by atoms with Crippen molar-refractivity contribution in [3.63, 3.8) is 0 Å². The van der Waals surface area contributed by atoms with Gasteiger partial charge < -0.3 is 21.9 Å². The van der Waals surface area contributed by atoms with E-state index in [1.807, 2.05) is 24.3 Å². The van der Waals surface area contributed by atoms with Gasteiger partial charge in [-0.15, -0.1) is 0 Å². The number of anilines is 1. The molecule has 0 aliphatic heterocycles. The molecule has 0 aromatic heterocycles. The molecule has 2 aromatic rings. The third-order valence-electron chi connectivity index (χ3n) is 5.70. The van der Waals surface area contributed by atoms with Gasteiger partial charge in [0.15, 0.2) is 0 Å². The second kappa shape index (κ2) is 12.6. The normalized spacial score (nSPS) is 18.5. The minimum Gasteiger partial charge on any atom is -0.483 e. The van der Waals surface area contributed by atoms with Crippen LogP contribution in [0.1, 0.15) is 48.3 Å². The molecule has 1 fully saturated rings. The number of alkyl halides is 3. The molecule has 0 radical (unpaired) electrons. The van der Waals surface area contributed by atoms with Crippen molar-refractivity contribution < 1.29 is 32.3 Å². The molecule has 1 saturated carbocycles. The van der Waals surface area contributed by atoms with E-state index in [-0.39, 0.29) is 29.9 Å². The van der Waals surface area contributed by atoms with E-state index in [1.165, 1.54) is 6.20 Å². The van der Waals surface area contributed by atoms with Gasteiger partial charge in [-0.3, -0.25) is 9.59 Å². The first-order chi connectivity index (χ1) is 16.6. The molecule has 10 heteroatoms. The van der Waals surface area contributed by atoms with Crippen molar-refractivity contribution in [1.82, 2.24) is 0 Å². The summed E-state index contributed by atoms with van der Waals surface area (Å²) in [6, 6.07) is 9.87. The Labute approximate surface area is 200 Å². The van der Waals surface area contributed by atoms with Crippen molar-refractivity contribution in [2.45, 2.75) is 37.8 Å². The summed E-state index contributed by atoms with van der Waals surface area (Å²) in [5, 5.41) is 9.34. The summed E-state index contributed by atoms with van der Waals surface area (Å²) in [4.78, 5) is 21.0. The number of nitrogens with two attached hydrogens (primary N) is 2. The average Bonchev–Trinajstić information content (AvgIpc) is 2.83. The van der Waals surface area contributed by atoms with Crippen LogP contribution in [0, 0.1) is 11.7 Å². The molecule has 1 aliphatic rings. The summed E-state index contributed by atoms with van der Waals surface area (Å²) >= 11 is 0. The second-order valence-corrected chi connectivity index (χ2v) is 7.98. The van der Waals surface area contributed by atoms with Crippen LogP contribution in [-0.2, 0) is 15.8 Å². The van der Waals surface area contributed by atoms with Crippen LogP contribution in [0.5, 0.6) is 0 Å². The van der Waals surface area contributed by atoms with Crippen molar-refractivity contribution in [1.29, 1.82) is 0 Å². The molecule has 0 bridgehead atoms. The van der Waals surface area contributed by atoms with Crippen LogP contribution in [0.25, 0.3) is 5.70 Å². The Balaban J connectivity index is 0.00000137. The molecule has 0 spiro atoms. The summed E-state index contributed by atoms with van der Waals surface area (Å²) in [7, 11) is 0. The Hall–Kier alpha value is -3.82. The Bertz CT molecular complexity index is 1070. The summed E-state index contributed by atoms with van der Waals surface area (Å²) in [5.41, 5.74) is 12.5. The molecule has 6 nitrogen and oxygen atoms in total. The monoisotopic (exact) mass is 493 g/mol. The fourth-order valence-corrected chi connectivity index (χ4v) is 3.96. The lowest BCUT2D eigenvalue weighted by molar-refractivity contribution is -0.137. The molecule has 188 valence electrons. The summed E-state index contributed by atoms with van der Waals surface area (Å²) < 4.78 is 52.2. The minimum atomic E-state index is -4.64. The number of rotatable bonds is 5. The molecule has 35 heavy (non-hydrogen) atoms. The maximum absolute atomic E-state index is 14.1. The van der Waals surface area contributed by atoms with Gasteiger partial charge in [0.05, 0.1) is 11.3 Å². The predicted molar refractivity (Wildman–Crippen MR) is 125 cm³/mol. The lowest BCUT2D eigenvalue weighted by Gasteiger charge is -2.29. The van der Waals surface area contributed by atoms with Crippen molar-refractivity contribution in [3.05, 3.63) is 83.3 Å². The molecule has 2 aromatic carbocycles. The second-order valence-electron chi connectivity index (χ2n) is 7.98. The van der Waals surface area contributed by atoms with Gasteiger partial charge in [-0.05, 0) is 72.9 Å². The number of carbonyl (C=O) groups excluding carboxylic acids is 1. The standard InChI is InChI=1S/C24H25F4N3O.CH2O2/c25-20-14-19(24(26,27)28)10-11-22(20)31-23(32)18-4-1-3-17(13-18)15-6-8-16(9-7-15)21(30)5-2-12-29;2-1-3/h2,5-12,14,17-18H,1,3-4,13,29-30H2,(H,31,32);1H,(H,2,3)/b12-2-,21-5-;. The smallest absolute Gasteiger partial charge is 0.416 e. The zero-order chi connectivity index (χ0) is 26.0. The molecule has 1 aliphatic carbocycles. The lowest BCUT2D eigenvalue weighted by atomic mass is 9.77. The van der Waals surface area contributed by atoms with Gasteiger partial charge in [0.1, 0.15) is 5.82 Å². The number of nitrogens with one attached hydrogen (secondary N) is 1. The SMILES string of the molecule is N/C=C\C=C(/N)c1ccc(C2CCCC(C(=O)Nc3ccc(C(F)(F)F)cc3F)C2)cc1.O=CO. The Morgan fingerprint density at radius 1 is 1.11 bits per heavy atom. The Morgan fingerprint density at radius 2 is 1.77 bits per heavy atom.